The molecule has 40 valence electrons. The molecule has 0 amide bonds. The Balaban J connectivity index is 0. The summed E-state index contributed by atoms with van der Waals surface area (Å²) in [6.45, 7) is 0. The molecule has 0 radical (unpaired) electrons. The van der Waals surface area contributed by atoms with E-state index in [0.717, 1.165) is 11.5 Å². The third kappa shape index (κ3) is 11.1. The maximum absolute atomic E-state index is 4.02. The summed E-state index contributed by atoms with van der Waals surface area (Å²) in [6, 6.07) is 0. The van der Waals surface area contributed by atoms with E-state index in [4.69, 9.17) is 0 Å². The van der Waals surface area contributed by atoms with E-state index in [1.165, 1.54) is 12.8 Å². The SMILES string of the molecule is SCCCCS.[LiH]. The van der Waals surface area contributed by atoms with Gasteiger partial charge in [0.1, 0.15) is 0 Å². The summed E-state index contributed by atoms with van der Waals surface area (Å²) in [7, 11) is 0. The average molecular weight is 130 g/mol. The first-order chi connectivity index (χ1) is 2.91. The van der Waals surface area contributed by atoms with Crippen LogP contribution in [-0.4, -0.2) is 30.4 Å². The van der Waals surface area contributed by atoms with Crippen molar-refractivity contribution < 1.29 is 0 Å². The van der Waals surface area contributed by atoms with Gasteiger partial charge >= 0.3 is 18.9 Å². The van der Waals surface area contributed by atoms with Crippen molar-refractivity contribution >= 4 is 44.1 Å². The van der Waals surface area contributed by atoms with E-state index < -0.39 is 0 Å². The third-order valence-electron chi connectivity index (χ3n) is 0.566. The normalized spacial score (nSPS) is 7.71. The molecule has 7 heavy (non-hydrogen) atoms. The first-order valence-corrected chi connectivity index (χ1v) is 3.40. The van der Waals surface area contributed by atoms with E-state index in [1.807, 2.05) is 0 Å². The van der Waals surface area contributed by atoms with Gasteiger partial charge in [0.2, 0.25) is 0 Å². The number of hydrogen-bond acceptors (Lipinski definition) is 2. The van der Waals surface area contributed by atoms with Crippen molar-refractivity contribution in [2.75, 3.05) is 11.5 Å². The van der Waals surface area contributed by atoms with Crippen LogP contribution in [0.5, 0.6) is 0 Å². The van der Waals surface area contributed by atoms with E-state index in [0.29, 0.717) is 0 Å². The van der Waals surface area contributed by atoms with Crippen molar-refractivity contribution in [1.82, 2.24) is 0 Å². The van der Waals surface area contributed by atoms with Gasteiger partial charge in [0, 0.05) is 0 Å². The van der Waals surface area contributed by atoms with Crippen LogP contribution >= 0.6 is 25.3 Å². The Morgan fingerprint density at radius 1 is 0.857 bits per heavy atom. The van der Waals surface area contributed by atoms with Crippen LogP contribution in [0.15, 0.2) is 0 Å². The van der Waals surface area contributed by atoms with Crippen LogP contribution in [0.2, 0.25) is 0 Å². The molecule has 0 aliphatic carbocycles. The molecule has 0 saturated heterocycles. The van der Waals surface area contributed by atoms with E-state index >= 15 is 0 Å². The molecule has 0 heterocycles. The number of unbranched alkanes of at least 4 members (excludes halogenated alkanes) is 1. The van der Waals surface area contributed by atoms with Crippen molar-refractivity contribution in [3.8, 4) is 0 Å². The Kier molecular flexibility index (Phi) is 16.4. The van der Waals surface area contributed by atoms with Crippen LogP contribution in [0, 0.1) is 0 Å². The Morgan fingerprint density at radius 3 is 1.29 bits per heavy atom. The van der Waals surface area contributed by atoms with Gasteiger partial charge in [-0.1, -0.05) is 0 Å². The molecule has 0 unspecified atom stereocenters. The van der Waals surface area contributed by atoms with Crippen molar-refractivity contribution in [3.05, 3.63) is 0 Å². The fraction of sp³-hybridized carbons (Fsp3) is 1.00. The number of rotatable bonds is 3. The molecule has 0 spiro atoms. The molecule has 0 aromatic heterocycles. The van der Waals surface area contributed by atoms with Gasteiger partial charge in [-0.2, -0.15) is 25.3 Å². The minimum atomic E-state index is 0. The molecule has 3 heteroatoms. The average Bonchev–Trinajstić information content (AvgIpc) is 1.61. The monoisotopic (exact) mass is 130 g/mol. The third-order valence-corrected chi connectivity index (χ3v) is 1.20. The molecule has 0 aliphatic heterocycles. The van der Waals surface area contributed by atoms with Crippen molar-refractivity contribution in [1.29, 1.82) is 0 Å². The zero-order valence-electron chi connectivity index (χ0n) is 3.72. The van der Waals surface area contributed by atoms with Crippen LogP contribution in [0.4, 0.5) is 0 Å². The summed E-state index contributed by atoms with van der Waals surface area (Å²) in [5.41, 5.74) is 0. The molecule has 0 N–H and O–H groups in total. The zero-order valence-corrected chi connectivity index (χ0v) is 5.51. The molecular formula is C4H11LiS2. The molecule has 0 bridgehead atoms. The van der Waals surface area contributed by atoms with Gasteiger partial charge in [0.05, 0.1) is 0 Å². The summed E-state index contributed by atoms with van der Waals surface area (Å²) in [6.07, 6.45) is 2.40. The van der Waals surface area contributed by atoms with E-state index in [2.05, 4.69) is 25.3 Å². The number of hydrogen-bond donors (Lipinski definition) is 2. The maximum atomic E-state index is 4.02. The summed E-state index contributed by atoms with van der Waals surface area (Å²) >= 11 is 8.04. The second kappa shape index (κ2) is 10.3. The molecule has 0 nitrogen and oxygen atoms in total. The van der Waals surface area contributed by atoms with Gasteiger partial charge in [-0.05, 0) is 24.3 Å². The van der Waals surface area contributed by atoms with E-state index in [-0.39, 0.29) is 18.9 Å². The minimum absolute atomic E-state index is 0. The topological polar surface area (TPSA) is 0 Å². The van der Waals surface area contributed by atoms with Crippen molar-refractivity contribution in [3.63, 3.8) is 0 Å². The van der Waals surface area contributed by atoms with E-state index in [9.17, 15) is 0 Å². The Bertz CT molecular complexity index is 21.7. The Labute approximate surface area is 68.4 Å². The number of thiol groups is 2. The molecule has 0 saturated carbocycles. The molecule has 0 atom stereocenters. The molecule has 0 aliphatic rings. The first-order valence-electron chi connectivity index (χ1n) is 2.13. The van der Waals surface area contributed by atoms with Gasteiger partial charge in [0.15, 0.2) is 0 Å². The summed E-state index contributed by atoms with van der Waals surface area (Å²) < 4.78 is 0. The molecule has 0 fully saturated rings. The predicted octanol–water partition coefficient (Wildman–Crippen LogP) is 0.978. The van der Waals surface area contributed by atoms with E-state index in [1.54, 1.807) is 0 Å². The van der Waals surface area contributed by atoms with Gasteiger partial charge in [0.25, 0.3) is 0 Å². The predicted molar refractivity (Wildman–Crippen MR) is 44.1 cm³/mol. The summed E-state index contributed by atoms with van der Waals surface area (Å²) in [5.74, 6) is 2.00. The quantitative estimate of drug-likeness (QED) is 0.317. The fourth-order valence-electron chi connectivity index (χ4n) is 0.224. The van der Waals surface area contributed by atoms with Crippen molar-refractivity contribution in [2.45, 2.75) is 12.8 Å². The molecule has 0 aromatic carbocycles. The second-order valence-electron chi connectivity index (χ2n) is 1.15. The molecule has 0 rings (SSSR count). The summed E-state index contributed by atoms with van der Waals surface area (Å²) in [5, 5.41) is 0. The second-order valence-corrected chi connectivity index (χ2v) is 2.05. The van der Waals surface area contributed by atoms with Crippen LogP contribution in [-0.2, 0) is 0 Å². The van der Waals surface area contributed by atoms with Crippen LogP contribution in [0.1, 0.15) is 12.8 Å². The van der Waals surface area contributed by atoms with Crippen molar-refractivity contribution in [2.24, 2.45) is 0 Å². The molecule has 0 aromatic rings. The summed E-state index contributed by atoms with van der Waals surface area (Å²) in [4.78, 5) is 0. The van der Waals surface area contributed by atoms with Crippen LogP contribution in [0.25, 0.3) is 0 Å². The fourth-order valence-corrected chi connectivity index (χ4v) is 0.671. The Morgan fingerprint density at radius 2 is 1.14 bits per heavy atom. The van der Waals surface area contributed by atoms with Crippen LogP contribution < -0.4 is 0 Å². The standard InChI is InChI=1S/C4H10S2.Li.H/c5-3-1-2-4-6;;/h5-6H,1-4H2;;. The van der Waals surface area contributed by atoms with Gasteiger partial charge in [-0.3, -0.25) is 0 Å². The van der Waals surface area contributed by atoms with Crippen LogP contribution in [0.3, 0.4) is 0 Å². The zero-order chi connectivity index (χ0) is 4.83. The van der Waals surface area contributed by atoms with Gasteiger partial charge in [-0.15, -0.1) is 0 Å². The molecular weight excluding hydrogens is 119 g/mol. The Hall–Kier alpha value is 1.30. The van der Waals surface area contributed by atoms with Gasteiger partial charge in [-0.25, -0.2) is 0 Å². The first kappa shape index (κ1) is 11.1. The van der Waals surface area contributed by atoms with Gasteiger partial charge < -0.3 is 0 Å².